The van der Waals surface area contributed by atoms with E-state index in [4.69, 9.17) is 11.6 Å². The van der Waals surface area contributed by atoms with Crippen LogP contribution in [-0.4, -0.2) is 57.0 Å². The molecule has 3 rings (SSSR count). The minimum atomic E-state index is -0.825. The fourth-order valence-electron chi connectivity index (χ4n) is 3.25. The van der Waals surface area contributed by atoms with Crippen molar-refractivity contribution >= 4 is 35.1 Å². The van der Waals surface area contributed by atoms with Crippen LogP contribution in [0.4, 0.5) is 4.79 Å². The first-order valence-electron chi connectivity index (χ1n) is 7.21. The number of likely N-dealkylation sites (N-methyl/N-ethyl adjacent to an activating group) is 1. The number of aromatic nitrogens is 2. The zero-order valence-corrected chi connectivity index (χ0v) is 14.1. The van der Waals surface area contributed by atoms with Gasteiger partial charge in [-0.25, -0.2) is 4.79 Å². The first kappa shape index (κ1) is 15.6. The Morgan fingerprint density at radius 1 is 1.50 bits per heavy atom. The van der Waals surface area contributed by atoms with Crippen LogP contribution in [0.1, 0.15) is 25.5 Å². The van der Waals surface area contributed by atoms with Gasteiger partial charge in [0.15, 0.2) is 0 Å². The van der Waals surface area contributed by atoms with E-state index in [9.17, 15) is 9.59 Å². The number of imide groups is 1. The van der Waals surface area contributed by atoms with E-state index in [1.807, 2.05) is 6.92 Å². The van der Waals surface area contributed by atoms with E-state index in [1.165, 1.54) is 23.5 Å². The molecule has 7 nitrogen and oxygen atoms in total. The van der Waals surface area contributed by atoms with Gasteiger partial charge in [0, 0.05) is 37.6 Å². The van der Waals surface area contributed by atoms with E-state index < -0.39 is 5.54 Å². The Hall–Kier alpha value is -1.25. The van der Waals surface area contributed by atoms with Gasteiger partial charge in [-0.15, -0.1) is 5.10 Å². The van der Waals surface area contributed by atoms with Gasteiger partial charge in [0.25, 0.3) is 5.91 Å². The molecule has 0 bridgehead atoms. The summed E-state index contributed by atoms with van der Waals surface area (Å²) in [7, 11) is 1.52. The molecule has 0 saturated carbocycles. The quantitative estimate of drug-likeness (QED) is 0.838. The lowest BCUT2D eigenvalue weighted by Gasteiger charge is -2.39. The number of carbonyl (C=O) groups excluding carboxylic acids is 2. The Balaban J connectivity index is 1.72. The average Bonchev–Trinajstić information content (AvgIpc) is 2.98. The molecule has 2 saturated heterocycles. The predicted molar refractivity (Wildman–Crippen MR) is 82.6 cm³/mol. The normalized spacial score (nSPS) is 30.0. The molecule has 1 aromatic heterocycles. The Kier molecular flexibility index (Phi) is 4.09. The number of halogens is 1. The second kappa shape index (κ2) is 5.75. The van der Waals surface area contributed by atoms with Gasteiger partial charge in [-0.05, 0) is 26.3 Å². The largest absolute Gasteiger partial charge is 0.324 e. The van der Waals surface area contributed by atoms with Crippen LogP contribution in [0.2, 0.25) is 4.34 Å². The number of hydrogen-bond donors (Lipinski definition) is 1. The number of piperidine rings is 1. The lowest BCUT2D eigenvalue weighted by Crippen LogP contribution is -2.55. The SMILES string of the molecule is CN1C(=O)NC(C)(C2CCCN(Cc3nnsc3Cl)C2)C1=O. The second-order valence-corrected chi connectivity index (χ2v) is 7.42. The number of rotatable bonds is 3. The molecule has 3 heterocycles. The van der Waals surface area contributed by atoms with Crippen molar-refractivity contribution in [3.05, 3.63) is 10.0 Å². The van der Waals surface area contributed by atoms with Crippen molar-refractivity contribution in [2.24, 2.45) is 5.92 Å². The van der Waals surface area contributed by atoms with Gasteiger partial charge in [0.1, 0.15) is 15.6 Å². The van der Waals surface area contributed by atoms with Gasteiger partial charge in [0.05, 0.1) is 0 Å². The van der Waals surface area contributed by atoms with Crippen LogP contribution in [-0.2, 0) is 11.3 Å². The molecule has 2 fully saturated rings. The molecule has 22 heavy (non-hydrogen) atoms. The Bertz CT molecular complexity index is 609. The highest BCUT2D eigenvalue weighted by Gasteiger charge is 2.51. The molecule has 2 aliphatic rings. The fourth-order valence-corrected chi connectivity index (χ4v) is 3.86. The average molecular weight is 344 g/mol. The highest BCUT2D eigenvalue weighted by molar-refractivity contribution is 7.10. The third kappa shape index (κ3) is 2.59. The Morgan fingerprint density at radius 3 is 2.86 bits per heavy atom. The summed E-state index contributed by atoms with van der Waals surface area (Å²) in [6.45, 7) is 4.10. The van der Waals surface area contributed by atoms with Crippen molar-refractivity contribution in [3.63, 3.8) is 0 Å². The molecule has 0 aliphatic carbocycles. The first-order valence-corrected chi connectivity index (χ1v) is 8.36. The second-order valence-electron chi connectivity index (χ2n) is 6.06. The van der Waals surface area contributed by atoms with Gasteiger partial charge in [-0.1, -0.05) is 16.1 Å². The Labute approximate surface area is 137 Å². The molecule has 2 unspecified atom stereocenters. The Morgan fingerprint density at radius 2 is 2.27 bits per heavy atom. The standard InChI is InChI=1S/C13H18ClN5O2S/c1-13(11(20)18(2)12(21)15-13)8-4-3-5-19(6-8)7-9-10(14)22-17-16-9/h8H,3-7H2,1-2H3,(H,15,21). The number of nitrogens with zero attached hydrogens (tertiary/aromatic N) is 4. The number of nitrogens with one attached hydrogen (secondary N) is 1. The molecule has 0 aromatic carbocycles. The molecule has 2 aliphatic heterocycles. The number of likely N-dealkylation sites (tertiary alicyclic amines) is 1. The molecular weight excluding hydrogens is 326 g/mol. The fraction of sp³-hybridized carbons (Fsp3) is 0.692. The zero-order chi connectivity index (χ0) is 15.9. The summed E-state index contributed by atoms with van der Waals surface area (Å²) in [5.41, 5.74) is -0.0504. The predicted octanol–water partition coefficient (Wildman–Crippen LogP) is 1.34. The third-order valence-corrected chi connectivity index (χ3v) is 5.61. The van der Waals surface area contributed by atoms with Gasteiger partial charge in [0.2, 0.25) is 0 Å². The van der Waals surface area contributed by atoms with Crippen LogP contribution in [0.5, 0.6) is 0 Å². The molecule has 2 atom stereocenters. The molecule has 1 aromatic rings. The number of urea groups is 1. The van der Waals surface area contributed by atoms with Crippen molar-refractivity contribution in [1.82, 2.24) is 24.7 Å². The summed E-state index contributed by atoms with van der Waals surface area (Å²) in [6, 6.07) is -0.323. The van der Waals surface area contributed by atoms with E-state index >= 15 is 0 Å². The first-order chi connectivity index (χ1) is 10.4. The van der Waals surface area contributed by atoms with Gasteiger partial charge in [-0.2, -0.15) is 0 Å². The molecule has 3 amide bonds. The van der Waals surface area contributed by atoms with Gasteiger partial charge < -0.3 is 5.32 Å². The third-order valence-electron chi connectivity index (χ3n) is 4.62. The van der Waals surface area contributed by atoms with E-state index in [2.05, 4.69) is 19.8 Å². The van der Waals surface area contributed by atoms with Crippen molar-refractivity contribution in [2.75, 3.05) is 20.1 Å². The van der Waals surface area contributed by atoms with Crippen LogP contribution < -0.4 is 5.32 Å². The highest BCUT2D eigenvalue weighted by Crippen LogP contribution is 2.32. The van der Waals surface area contributed by atoms with Gasteiger partial charge >= 0.3 is 6.03 Å². The summed E-state index contributed by atoms with van der Waals surface area (Å²) in [5, 5.41) is 6.89. The minimum absolute atomic E-state index is 0.0769. The minimum Gasteiger partial charge on any atom is -0.323 e. The molecule has 9 heteroatoms. The van der Waals surface area contributed by atoms with Crippen molar-refractivity contribution in [3.8, 4) is 0 Å². The van der Waals surface area contributed by atoms with Crippen LogP contribution in [0.3, 0.4) is 0 Å². The van der Waals surface area contributed by atoms with Crippen molar-refractivity contribution < 1.29 is 9.59 Å². The highest BCUT2D eigenvalue weighted by atomic mass is 35.5. The number of hydrogen-bond acceptors (Lipinski definition) is 6. The molecular formula is C13H18ClN5O2S. The topological polar surface area (TPSA) is 78.4 Å². The molecule has 0 spiro atoms. The molecule has 120 valence electrons. The maximum atomic E-state index is 12.4. The summed E-state index contributed by atoms with van der Waals surface area (Å²) >= 11 is 7.24. The van der Waals surface area contributed by atoms with E-state index in [1.54, 1.807) is 0 Å². The smallest absolute Gasteiger partial charge is 0.323 e. The van der Waals surface area contributed by atoms with Crippen LogP contribution in [0, 0.1) is 5.92 Å². The van der Waals surface area contributed by atoms with Gasteiger partial charge in [-0.3, -0.25) is 14.6 Å². The zero-order valence-electron chi connectivity index (χ0n) is 12.5. The summed E-state index contributed by atoms with van der Waals surface area (Å²) in [5.74, 6) is -0.0780. The monoisotopic (exact) mass is 343 g/mol. The van der Waals surface area contributed by atoms with Crippen LogP contribution in [0.25, 0.3) is 0 Å². The summed E-state index contributed by atoms with van der Waals surface area (Å²) in [6.07, 6.45) is 1.89. The summed E-state index contributed by atoms with van der Waals surface area (Å²) < 4.78 is 4.45. The number of amides is 3. The van der Waals surface area contributed by atoms with E-state index in [0.717, 1.165) is 31.6 Å². The molecule has 0 radical (unpaired) electrons. The summed E-state index contributed by atoms with van der Waals surface area (Å²) in [4.78, 5) is 27.6. The lowest BCUT2D eigenvalue weighted by molar-refractivity contribution is -0.132. The maximum Gasteiger partial charge on any atom is 0.324 e. The van der Waals surface area contributed by atoms with E-state index in [-0.39, 0.29) is 17.9 Å². The van der Waals surface area contributed by atoms with E-state index in [0.29, 0.717) is 10.9 Å². The maximum absolute atomic E-state index is 12.4. The molecule has 1 N–H and O–H groups in total. The lowest BCUT2D eigenvalue weighted by atomic mass is 9.80. The number of carbonyl (C=O) groups is 2. The van der Waals surface area contributed by atoms with Crippen molar-refractivity contribution in [2.45, 2.75) is 31.8 Å². The van der Waals surface area contributed by atoms with Crippen molar-refractivity contribution in [1.29, 1.82) is 0 Å². The van der Waals surface area contributed by atoms with Crippen LogP contribution >= 0.6 is 23.1 Å². The van der Waals surface area contributed by atoms with Crippen LogP contribution in [0.15, 0.2) is 0 Å².